The number of anilines is 2. The summed E-state index contributed by atoms with van der Waals surface area (Å²) in [6.07, 6.45) is 3.38. The van der Waals surface area contributed by atoms with Gasteiger partial charge in [0, 0.05) is 17.3 Å². The van der Waals surface area contributed by atoms with Gasteiger partial charge in [-0.05, 0) is 67.1 Å². The van der Waals surface area contributed by atoms with Gasteiger partial charge >= 0.3 is 0 Å². The van der Waals surface area contributed by atoms with E-state index in [1.807, 2.05) is 45.0 Å². The van der Waals surface area contributed by atoms with Crippen LogP contribution in [0.4, 0.5) is 11.4 Å². The first-order valence-corrected chi connectivity index (χ1v) is 9.38. The molecule has 3 rings (SSSR count). The summed E-state index contributed by atoms with van der Waals surface area (Å²) in [4.78, 5) is 24.1. The number of hydrogen-bond donors (Lipinski definition) is 2. The first kappa shape index (κ1) is 19.0. The maximum Gasteiger partial charge on any atom is 0.262 e. The number of carbonyl (C=O) groups is 2. The molecule has 0 saturated heterocycles. The van der Waals surface area contributed by atoms with Crippen molar-refractivity contribution in [2.24, 2.45) is 5.92 Å². The molecule has 1 aliphatic carbocycles. The van der Waals surface area contributed by atoms with E-state index in [0.29, 0.717) is 11.4 Å². The van der Waals surface area contributed by atoms with Gasteiger partial charge < -0.3 is 15.4 Å². The molecule has 0 radical (unpaired) electrons. The molecule has 0 fully saturated rings. The summed E-state index contributed by atoms with van der Waals surface area (Å²) in [5.74, 6) is 0.326. The predicted octanol–water partition coefficient (Wildman–Crippen LogP) is 4.10. The van der Waals surface area contributed by atoms with Gasteiger partial charge in [-0.2, -0.15) is 0 Å². The molecule has 2 N–H and O–H groups in total. The molecule has 0 spiro atoms. The van der Waals surface area contributed by atoms with E-state index in [1.165, 1.54) is 17.5 Å². The molecule has 0 unspecified atom stereocenters. The number of fused-ring (bicyclic) bond motifs is 1. The summed E-state index contributed by atoms with van der Waals surface area (Å²) in [6, 6.07) is 11.5. The van der Waals surface area contributed by atoms with Crippen molar-refractivity contribution in [2.75, 3.05) is 17.2 Å². The Bertz CT molecular complexity index is 859. The molecule has 0 saturated carbocycles. The Hall–Kier alpha value is -2.82. The summed E-state index contributed by atoms with van der Waals surface area (Å²) in [6.45, 7) is 5.52. The van der Waals surface area contributed by atoms with Crippen LogP contribution in [0.25, 0.3) is 0 Å². The normalized spacial score (nSPS) is 12.6. The minimum atomic E-state index is -0.231. The molecule has 0 bridgehead atoms. The Balaban J connectivity index is 1.59. The van der Waals surface area contributed by atoms with Crippen LogP contribution in [-0.4, -0.2) is 18.4 Å². The average Bonchev–Trinajstić information content (AvgIpc) is 3.10. The van der Waals surface area contributed by atoms with E-state index in [2.05, 4.69) is 16.7 Å². The van der Waals surface area contributed by atoms with Crippen molar-refractivity contribution >= 4 is 23.2 Å². The lowest BCUT2D eigenvalue weighted by molar-refractivity contribution is -0.119. The summed E-state index contributed by atoms with van der Waals surface area (Å²) in [5, 5.41) is 5.70. The van der Waals surface area contributed by atoms with Crippen molar-refractivity contribution in [2.45, 2.75) is 40.0 Å². The van der Waals surface area contributed by atoms with Crippen LogP contribution in [0.2, 0.25) is 0 Å². The van der Waals surface area contributed by atoms with Crippen molar-refractivity contribution in [1.29, 1.82) is 0 Å². The van der Waals surface area contributed by atoms with E-state index in [9.17, 15) is 9.59 Å². The third-order valence-electron chi connectivity index (χ3n) is 4.74. The zero-order valence-electron chi connectivity index (χ0n) is 16.1. The van der Waals surface area contributed by atoms with Crippen LogP contribution in [0, 0.1) is 12.8 Å². The molecule has 2 aromatic rings. The number of amides is 2. The standard InChI is InChI=1S/C22H26N2O3/c1-14(2)22(26)23-18-9-7-15(3)20(12-18)24-21(25)13-27-19-10-8-16-5-4-6-17(16)11-19/h7-12,14H,4-6,13H2,1-3H3,(H,23,26)(H,24,25). The Morgan fingerprint density at radius 3 is 2.59 bits per heavy atom. The maximum absolute atomic E-state index is 12.3. The zero-order valence-corrected chi connectivity index (χ0v) is 16.1. The third kappa shape index (κ3) is 4.88. The number of hydrogen-bond acceptors (Lipinski definition) is 3. The van der Waals surface area contributed by atoms with Gasteiger partial charge in [0.25, 0.3) is 5.91 Å². The molecule has 0 heterocycles. The largest absolute Gasteiger partial charge is 0.484 e. The number of benzene rings is 2. The van der Waals surface area contributed by atoms with Crippen molar-refractivity contribution in [1.82, 2.24) is 0 Å². The van der Waals surface area contributed by atoms with E-state index >= 15 is 0 Å². The lowest BCUT2D eigenvalue weighted by Crippen LogP contribution is -2.21. The molecule has 0 aliphatic heterocycles. The fraction of sp³-hybridized carbons (Fsp3) is 0.364. The highest BCUT2D eigenvalue weighted by molar-refractivity contribution is 5.95. The smallest absolute Gasteiger partial charge is 0.262 e. The summed E-state index contributed by atoms with van der Waals surface area (Å²) >= 11 is 0. The van der Waals surface area contributed by atoms with E-state index in [-0.39, 0.29) is 24.3 Å². The number of aryl methyl sites for hydroxylation is 3. The molecule has 2 aromatic carbocycles. The molecule has 0 aromatic heterocycles. The minimum absolute atomic E-state index is 0.0548. The summed E-state index contributed by atoms with van der Waals surface area (Å²) in [7, 11) is 0. The summed E-state index contributed by atoms with van der Waals surface area (Å²) in [5.41, 5.74) is 4.94. The zero-order chi connectivity index (χ0) is 19.4. The Morgan fingerprint density at radius 2 is 1.81 bits per heavy atom. The maximum atomic E-state index is 12.3. The van der Waals surface area contributed by atoms with Gasteiger partial charge in [0.2, 0.25) is 5.91 Å². The molecule has 2 amide bonds. The van der Waals surface area contributed by atoms with Crippen molar-refractivity contribution < 1.29 is 14.3 Å². The van der Waals surface area contributed by atoms with Gasteiger partial charge in [0.05, 0.1) is 0 Å². The van der Waals surface area contributed by atoms with Gasteiger partial charge in [-0.25, -0.2) is 0 Å². The van der Waals surface area contributed by atoms with E-state index in [4.69, 9.17) is 4.74 Å². The fourth-order valence-corrected chi connectivity index (χ4v) is 3.09. The van der Waals surface area contributed by atoms with Crippen molar-refractivity contribution in [3.05, 3.63) is 53.1 Å². The van der Waals surface area contributed by atoms with Gasteiger partial charge in [0.1, 0.15) is 5.75 Å². The lowest BCUT2D eigenvalue weighted by atomic mass is 10.1. The molecule has 5 nitrogen and oxygen atoms in total. The summed E-state index contributed by atoms with van der Waals surface area (Å²) < 4.78 is 5.65. The third-order valence-corrected chi connectivity index (χ3v) is 4.74. The van der Waals surface area contributed by atoms with Crippen LogP contribution in [-0.2, 0) is 22.4 Å². The molecule has 5 heteroatoms. The average molecular weight is 366 g/mol. The fourth-order valence-electron chi connectivity index (χ4n) is 3.09. The second-order valence-corrected chi connectivity index (χ2v) is 7.29. The number of rotatable bonds is 6. The lowest BCUT2D eigenvalue weighted by Gasteiger charge is -2.13. The molecule has 1 aliphatic rings. The van der Waals surface area contributed by atoms with E-state index < -0.39 is 0 Å². The van der Waals surface area contributed by atoms with Crippen LogP contribution in [0.3, 0.4) is 0 Å². The SMILES string of the molecule is Cc1ccc(NC(=O)C(C)C)cc1NC(=O)COc1ccc2c(c1)CCC2. The van der Waals surface area contributed by atoms with Crippen molar-refractivity contribution in [3.8, 4) is 5.75 Å². The second kappa shape index (κ2) is 8.25. The molecule has 0 atom stereocenters. The topological polar surface area (TPSA) is 67.4 Å². The highest BCUT2D eigenvalue weighted by Crippen LogP contribution is 2.26. The van der Waals surface area contributed by atoms with Crippen molar-refractivity contribution in [3.63, 3.8) is 0 Å². The first-order valence-electron chi connectivity index (χ1n) is 9.38. The van der Waals surface area contributed by atoms with Crippen LogP contribution >= 0.6 is 0 Å². The van der Waals surface area contributed by atoms with Crippen LogP contribution in [0.15, 0.2) is 36.4 Å². The van der Waals surface area contributed by atoms with Gasteiger partial charge in [-0.15, -0.1) is 0 Å². The van der Waals surface area contributed by atoms with Gasteiger partial charge in [-0.1, -0.05) is 26.0 Å². The Morgan fingerprint density at radius 1 is 1.04 bits per heavy atom. The van der Waals surface area contributed by atoms with Crippen LogP contribution in [0.1, 0.15) is 37.0 Å². The minimum Gasteiger partial charge on any atom is -0.484 e. The second-order valence-electron chi connectivity index (χ2n) is 7.29. The van der Waals surface area contributed by atoms with E-state index in [1.54, 1.807) is 6.07 Å². The first-order chi connectivity index (χ1) is 12.9. The molecule has 142 valence electrons. The monoisotopic (exact) mass is 366 g/mol. The van der Waals surface area contributed by atoms with Crippen LogP contribution < -0.4 is 15.4 Å². The van der Waals surface area contributed by atoms with Gasteiger partial charge in [-0.3, -0.25) is 9.59 Å². The quantitative estimate of drug-likeness (QED) is 0.809. The molecular formula is C22H26N2O3. The van der Waals surface area contributed by atoms with Crippen LogP contribution in [0.5, 0.6) is 5.75 Å². The highest BCUT2D eigenvalue weighted by Gasteiger charge is 2.13. The Labute approximate surface area is 160 Å². The molecular weight excluding hydrogens is 340 g/mol. The number of nitrogens with one attached hydrogen (secondary N) is 2. The van der Waals surface area contributed by atoms with Gasteiger partial charge in [0.15, 0.2) is 6.61 Å². The van der Waals surface area contributed by atoms with E-state index in [0.717, 1.165) is 24.2 Å². The molecule has 27 heavy (non-hydrogen) atoms. The number of carbonyl (C=O) groups excluding carboxylic acids is 2. The Kier molecular flexibility index (Phi) is 5.79. The predicted molar refractivity (Wildman–Crippen MR) is 107 cm³/mol. The highest BCUT2D eigenvalue weighted by atomic mass is 16.5. The number of ether oxygens (including phenoxy) is 1.